The van der Waals surface area contributed by atoms with Gasteiger partial charge in [0, 0.05) is 6.42 Å². The molecule has 108 valence electrons. The highest BCUT2D eigenvalue weighted by molar-refractivity contribution is 5.69. The van der Waals surface area contributed by atoms with Gasteiger partial charge in [0.15, 0.2) is 0 Å². The van der Waals surface area contributed by atoms with Gasteiger partial charge in [-0.15, -0.1) is 0 Å². The monoisotopic (exact) mass is 256 g/mol. The second-order valence-electron chi connectivity index (χ2n) is 5.15. The zero-order chi connectivity index (χ0) is 13.5. The van der Waals surface area contributed by atoms with Crippen LogP contribution in [0.25, 0.3) is 0 Å². The van der Waals surface area contributed by atoms with E-state index in [-0.39, 0.29) is 5.97 Å². The second kappa shape index (κ2) is 14.5. The Labute approximate surface area is 113 Å². The molecule has 0 radical (unpaired) electrons. The van der Waals surface area contributed by atoms with Gasteiger partial charge < -0.3 is 4.74 Å². The first-order valence-electron chi connectivity index (χ1n) is 7.96. The fraction of sp³-hybridized carbons (Fsp3) is 0.938. The van der Waals surface area contributed by atoms with Crippen LogP contribution < -0.4 is 0 Å². The van der Waals surface area contributed by atoms with Gasteiger partial charge in [-0.2, -0.15) is 0 Å². The van der Waals surface area contributed by atoms with Crippen LogP contribution in [-0.4, -0.2) is 12.6 Å². The van der Waals surface area contributed by atoms with Gasteiger partial charge in [-0.1, -0.05) is 71.6 Å². The zero-order valence-corrected chi connectivity index (χ0v) is 12.5. The molecule has 2 heteroatoms. The van der Waals surface area contributed by atoms with Gasteiger partial charge in [0.05, 0.1) is 6.61 Å². The van der Waals surface area contributed by atoms with Gasteiger partial charge >= 0.3 is 5.97 Å². The van der Waals surface area contributed by atoms with Crippen LogP contribution in [0.15, 0.2) is 0 Å². The molecule has 0 aromatic rings. The summed E-state index contributed by atoms with van der Waals surface area (Å²) in [5, 5.41) is 0. The molecule has 0 unspecified atom stereocenters. The third kappa shape index (κ3) is 13.5. The number of hydrogen-bond acceptors (Lipinski definition) is 2. The van der Waals surface area contributed by atoms with Crippen molar-refractivity contribution >= 4 is 5.97 Å². The van der Waals surface area contributed by atoms with Gasteiger partial charge in [0.1, 0.15) is 0 Å². The van der Waals surface area contributed by atoms with Crippen LogP contribution in [0, 0.1) is 0 Å². The minimum Gasteiger partial charge on any atom is -0.466 e. The summed E-state index contributed by atoms with van der Waals surface area (Å²) in [5.74, 6) is 0.0000525. The molecule has 0 saturated carbocycles. The largest absolute Gasteiger partial charge is 0.466 e. The van der Waals surface area contributed by atoms with Crippen molar-refractivity contribution in [2.24, 2.45) is 0 Å². The van der Waals surface area contributed by atoms with Crippen molar-refractivity contribution < 1.29 is 9.53 Å². The Balaban J connectivity index is 3.12. The Morgan fingerprint density at radius 3 is 1.83 bits per heavy atom. The van der Waals surface area contributed by atoms with Crippen molar-refractivity contribution in [3.63, 3.8) is 0 Å². The smallest absolute Gasteiger partial charge is 0.305 e. The summed E-state index contributed by atoms with van der Waals surface area (Å²) >= 11 is 0. The molecule has 0 heterocycles. The molecule has 0 atom stereocenters. The maximum absolute atomic E-state index is 11.4. The number of carbonyl (C=O) groups is 1. The predicted molar refractivity (Wildman–Crippen MR) is 77.7 cm³/mol. The minimum absolute atomic E-state index is 0.0000525. The highest BCUT2D eigenvalue weighted by Gasteiger charge is 2.01. The maximum atomic E-state index is 11.4. The lowest BCUT2D eigenvalue weighted by molar-refractivity contribution is -0.143. The number of ether oxygens (including phenoxy) is 1. The average molecular weight is 256 g/mol. The molecule has 2 nitrogen and oxygen atoms in total. The summed E-state index contributed by atoms with van der Waals surface area (Å²) in [5.41, 5.74) is 0. The molecule has 0 amide bonds. The topological polar surface area (TPSA) is 26.3 Å². The Kier molecular flexibility index (Phi) is 14.1. The Hall–Kier alpha value is -0.530. The lowest BCUT2D eigenvalue weighted by Gasteiger charge is -2.04. The molecular weight excluding hydrogens is 224 g/mol. The number of unbranched alkanes of at least 4 members (excludes halogenated alkanes) is 9. The van der Waals surface area contributed by atoms with Crippen LogP contribution in [0.1, 0.15) is 90.9 Å². The molecule has 0 aliphatic carbocycles. The molecule has 0 aliphatic heterocycles. The SMILES string of the molecule is CCCCCCCCOC(=O)CCCCCCC. The van der Waals surface area contributed by atoms with Crippen LogP contribution in [0.3, 0.4) is 0 Å². The highest BCUT2D eigenvalue weighted by Crippen LogP contribution is 2.07. The first kappa shape index (κ1) is 17.5. The molecular formula is C16H32O2. The molecule has 0 aromatic carbocycles. The molecule has 0 aromatic heterocycles. The van der Waals surface area contributed by atoms with Crippen LogP contribution >= 0.6 is 0 Å². The Morgan fingerprint density at radius 1 is 0.722 bits per heavy atom. The van der Waals surface area contributed by atoms with Gasteiger partial charge in [-0.25, -0.2) is 0 Å². The second-order valence-corrected chi connectivity index (χ2v) is 5.15. The Morgan fingerprint density at radius 2 is 1.22 bits per heavy atom. The molecule has 0 rings (SSSR count). The van der Waals surface area contributed by atoms with Gasteiger partial charge in [-0.05, 0) is 12.8 Å². The van der Waals surface area contributed by atoms with E-state index >= 15 is 0 Å². The van der Waals surface area contributed by atoms with E-state index < -0.39 is 0 Å². The maximum Gasteiger partial charge on any atom is 0.305 e. The first-order chi connectivity index (χ1) is 8.81. The van der Waals surface area contributed by atoms with E-state index in [2.05, 4.69) is 13.8 Å². The van der Waals surface area contributed by atoms with Crippen LogP contribution in [0.4, 0.5) is 0 Å². The van der Waals surface area contributed by atoms with Gasteiger partial charge in [-0.3, -0.25) is 4.79 Å². The summed E-state index contributed by atoms with van der Waals surface area (Å²) in [6.45, 7) is 5.05. The quantitative estimate of drug-likeness (QED) is 0.332. The predicted octanol–water partition coefficient (Wildman–Crippen LogP) is 5.25. The first-order valence-corrected chi connectivity index (χ1v) is 7.96. The van der Waals surface area contributed by atoms with Crippen molar-refractivity contribution in [2.75, 3.05) is 6.61 Å². The third-order valence-electron chi connectivity index (χ3n) is 3.25. The van der Waals surface area contributed by atoms with E-state index in [9.17, 15) is 4.79 Å². The number of rotatable bonds is 13. The average Bonchev–Trinajstić information content (AvgIpc) is 2.37. The van der Waals surface area contributed by atoms with Gasteiger partial charge in [0.2, 0.25) is 0 Å². The van der Waals surface area contributed by atoms with E-state index in [0.717, 1.165) is 12.8 Å². The van der Waals surface area contributed by atoms with Crippen molar-refractivity contribution in [1.29, 1.82) is 0 Å². The summed E-state index contributed by atoms with van der Waals surface area (Å²) in [7, 11) is 0. The summed E-state index contributed by atoms with van der Waals surface area (Å²) in [6, 6.07) is 0. The van der Waals surface area contributed by atoms with E-state index in [0.29, 0.717) is 13.0 Å². The highest BCUT2D eigenvalue weighted by atomic mass is 16.5. The number of hydrogen-bond donors (Lipinski definition) is 0. The molecule has 0 saturated heterocycles. The minimum atomic E-state index is 0.0000525. The van der Waals surface area contributed by atoms with E-state index in [4.69, 9.17) is 4.74 Å². The van der Waals surface area contributed by atoms with Crippen molar-refractivity contribution in [2.45, 2.75) is 90.9 Å². The molecule has 0 aliphatic rings. The lowest BCUT2D eigenvalue weighted by atomic mass is 10.1. The standard InChI is InChI=1S/C16H32O2/c1-3-5-7-9-11-13-15-18-16(17)14-12-10-8-6-4-2/h3-15H2,1-2H3. The fourth-order valence-electron chi connectivity index (χ4n) is 2.01. The zero-order valence-electron chi connectivity index (χ0n) is 12.5. The summed E-state index contributed by atoms with van der Waals surface area (Å²) in [4.78, 5) is 11.4. The van der Waals surface area contributed by atoms with Crippen LogP contribution in [-0.2, 0) is 9.53 Å². The van der Waals surface area contributed by atoms with Crippen LogP contribution in [0.5, 0.6) is 0 Å². The fourth-order valence-corrected chi connectivity index (χ4v) is 2.01. The number of esters is 1. The normalized spacial score (nSPS) is 10.6. The summed E-state index contributed by atoms with van der Waals surface area (Å²) in [6.07, 6.45) is 14.0. The van der Waals surface area contributed by atoms with E-state index in [1.54, 1.807) is 0 Å². The van der Waals surface area contributed by atoms with E-state index in [1.165, 1.54) is 57.8 Å². The molecule has 0 fully saturated rings. The van der Waals surface area contributed by atoms with E-state index in [1.807, 2.05) is 0 Å². The Bertz CT molecular complexity index is 178. The summed E-state index contributed by atoms with van der Waals surface area (Å²) < 4.78 is 5.22. The third-order valence-corrected chi connectivity index (χ3v) is 3.25. The molecule has 0 spiro atoms. The van der Waals surface area contributed by atoms with Gasteiger partial charge in [0.25, 0.3) is 0 Å². The van der Waals surface area contributed by atoms with Crippen molar-refractivity contribution in [3.8, 4) is 0 Å². The molecule has 0 N–H and O–H groups in total. The number of carbonyl (C=O) groups excluding carboxylic acids is 1. The van der Waals surface area contributed by atoms with Crippen molar-refractivity contribution in [3.05, 3.63) is 0 Å². The molecule has 18 heavy (non-hydrogen) atoms. The molecule has 0 bridgehead atoms. The lowest BCUT2D eigenvalue weighted by Crippen LogP contribution is -2.05. The van der Waals surface area contributed by atoms with Crippen LogP contribution in [0.2, 0.25) is 0 Å². The van der Waals surface area contributed by atoms with Crippen molar-refractivity contribution in [1.82, 2.24) is 0 Å².